The first-order chi connectivity index (χ1) is 9.24. The monoisotopic (exact) mass is 303 g/mol. The Balaban J connectivity index is 2.36. The summed E-state index contributed by atoms with van der Waals surface area (Å²) in [4.78, 5) is 0. The van der Waals surface area contributed by atoms with E-state index in [9.17, 15) is 0 Å². The van der Waals surface area contributed by atoms with Crippen LogP contribution in [0.15, 0.2) is 52.8 Å². The number of rotatable bonds is 1. The predicted octanol–water partition coefficient (Wildman–Crippen LogP) is 4.94. The van der Waals surface area contributed by atoms with Crippen molar-refractivity contribution in [1.82, 2.24) is 0 Å². The van der Waals surface area contributed by atoms with E-state index in [-0.39, 0.29) is 0 Å². The van der Waals surface area contributed by atoms with Crippen LogP contribution in [0.3, 0.4) is 0 Å². The maximum Gasteiger partial charge on any atom is 0.0521 e. The van der Waals surface area contributed by atoms with Crippen molar-refractivity contribution in [1.29, 1.82) is 0 Å². The van der Waals surface area contributed by atoms with Gasteiger partial charge in [-0.3, -0.25) is 0 Å². The number of hydrogen-bond donors (Lipinski definition) is 1. The lowest BCUT2D eigenvalue weighted by Crippen LogP contribution is -2.12. The Labute approximate surface area is 125 Å². The lowest BCUT2D eigenvalue weighted by molar-refractivity contribution is 1.35. The maximum absolute atomic E-state index is 4.67. The molecule has 0 bridgehead atoms. The zero-order valence-corrected chi connectivity index (χ0v) is 13.4. The molecule has 1 nitrogen and oxygen atoms in total. The molecule has 0 radical (unpaired) electrons. The van der Waals surface area contributed by atoms with Gasteiger partial charge in [-0.25, -0.2) is 0 Å². The second-order valence-corrected chi connectivity index (χ2v) is 6.37. The van der Waals surface area contributed by atoms with Gasteiger partial charge in [0.1, 0.15) is 0 Å². The Morgan fingerprint density at radius 2 is 1.47 bits per heavy atom. The predicted molar refractivity (Wildman–Crippen MR) is 93.3 cm³/mol. The number of thiol groups is 1. The second kappa shape index (κ2) is 5.24. The van der Waals surface area contributed by atoms with Crippen molar-refractivity contribution >= 4 is 50.7 Å². The SMILES string of the molecule is CSC(S)=C1c2ccccc2N(P)c2ccccc21. The molecule has 1 heterocycles. The summed E-state index contributed by atoms with van der Waals surface area (Å²) < 4.78 is 3.22. The van der Waals surface area contributed by atoms with E-state index in [0.29, 0.717) is 0 Å². The minimum absolute atomic E-state index is 1.05. The van der Waals surface area contributed by atoms with E-state index in [1.54, 1.807) is 11.8 Å². The summed E-state index contributed by atoms with van der Waals surface area (Å²) in [6.07, 6.45) is 2.06. The minimum Gasteiger partial charge on any atom is -0.325 e. The number of nitrogens with zero attached hydrogens (tertiary/aromatic N) is 1. The third-order valence-electron chi connectivity index (χ3n) is 3.27. The van der Waals surface area contributed by atoms with Gasteiger partial charge in [0.15, 0.2) is 0 Å². The number of hydrogen-bond acceptors (Lipinski definition) is 3. The Kier molecular flexibility index (Phi) is 3.62. The lowest BCUT2D eigenvalue weighted by atomic mass is 9.93. The molecule has 0 N–H and O–H groups in total. The Hall–Kier alpha value is -0.890. The van der Waals surface area contributed by atoms with E-state index < -0.39 is 0 Å². The van der Waals surface area contributed by atoms with Gasteiger partial charge >= 0.3 is 0 Å². The molecule has 0 spiro atoms. The highest BCUT2D eigenvalue weighted by Crippen LogP contribution is 2.49. The third-order valence-corrected chi connectivity index (χ3v) is 5.19. The van der Waals surface area contributed by atoms with Crippen LogP contribution in [0.1, 0.15) is 11.1 Å². The third kappa shape index (κ3) is 2.10. The molecule has 1 atom stereocenters. The molecule has 0 amide bonds. The Bertz CT molecular complexity index is 617. The van der Waals surface area contributed by atoms with Gasteiger partial charge in [-0.2, -0.15) is 0 Å². The van der Waals surface area contributed by atoms with Gasteiger partial charge in [-0.05, 0) is 27.8 Å². The Morgan fingerprint density at radius 3 is 1.95 bits per heavy atom. The topological polar surface area (TPSA) is 3.24 Å². The van der Waals surface area contributed by atoms with Gasteiger partial charge < -0.3 is 4.67 Å². The van der Waals surface area contributed by atoms with Gasteiger partial charge in [0.2, 0.25) is 0 Å². The first-order valence-electron chi connectivity index (χ1n) is 5.95. The van der Waals surface area contributed by atoms with Crippen LogP contribution in [-0.4, -0.2) is 6.26 Å². The largest absolute Gasteiger partial charge is 0.325 e. The van der Waals surface area contributed by atoms with Crippen LogP contribution in [0.4, 0.5) is 11.4 Å². The first-order valence-corrected chi connectivity index (χ1v) is 8.13. The maximum atomic E-state index is 4.67. The number of benzene rings is 2. The molecular weight excluding hydrogens is 289 g/mol. The molecule has 1 aliphatic rings. The van der Waals surface area contributed by atoms with Crippen LogP contribution in [0.5, 0.6) is 0 Å². The molecule has 2 aromatic carbocycles. The van der Waals surface area contributed by atoms with Gasteiger partial charge in [0.25, 0.3) is 0 Å². The fraction of sp³-hybridized carbons (Fsp3) is 0.0667. The van der Waals surface area contributed by atoms with E-state index in [0.717, 1.165) is 4.24 Å². The molecule has 19 heavy (non-hydrogen) atoms. The fourth-order valence-electron chi connectivity index (χ4n) is 2.40. The number of fused-ring (bicyclic) bond motifs is 2. The summed E-state index contributed by atoms with van der Waals surface area (Å²) >= 11 is 6.35. The highest BCUT2D eigenvalue weighted by atomic mass is 32.2. The molecular formula is C15H14NPS2. The molecule has 3 rings (SSSR count). The zero-order valence-electron chi connectivity index (χ0n) is 10.5. The molecule has 96 valence electrons. The smallest absolute Gasteiger partial charge is 0.0521 e. The van der Waals surface area contributed by atoms with Crippen molar-refractivity contribution in [2.45, 2.75) is 0 Å². The second-order valence-electron chi connectivity index (χ2n) is 4.29. The average Bonchev–Trinajstić information content (AvgIpc) is 2.47. The van der Waals surface area contributed by atoms with Gasteiger partial charge in [-0.1, -0.05) is 36.4 Å². The molecule has 0 aliphatic carbocycles. The zero-order chi connectivity index (χ0) is 13.4. The van der Waals surface area contributed by atoms with Crippen molar-refractivity contribution in [2.75, 3.05) is 10.9 Å². The summed E-state index contributed by atoms with van der Waals surface area (Å²) in [7, 11) is 2.80. The summed E-state index contributed by atoms with van der Waals surface area (Å²) in [5.41, 5.74) is 6.08. The molecule has 1 aliphatic heterocycles. The van der Waals surface area contributed by atoms with E-state index in [1.807, 2.05) is 0 Å². The van der Waals surface area contributed by atoms with Crippen LogP contribution in [0, 0.1) is 0 Å². The first kappa shape index (κ1) is 13.1. The van der Waals surface area contributed by atoms with Crippen molar-refractivity contribution < 1.29 is 0 Å². The van der Waals surface area contributed by atoms with Crippen molar-refractivity contribution in [2.24, 2.45) is 0 Å². The van der Waals surface area contributed by atoms with E-state index >= 15 is 0 Å². The van der Waals surface area contributed by atoms with Crippen LogP contribution in [0.25, 0.3) is 5.57 Å². The van der Waals surface area contributed by atoms with Crippen LogP contribution < -0.4 is 4.67 Å². The molecule has 1 unspecified atom stereocenters. The molecule has 0 saturated heterocycles. The molecule has 0 saturated carbocycles. The molecule has 0 fully saturated rings. The highest BCUT2D eigenvalue weighted by molar-refractivity contribution is 8.15. The van der Waals surface area contributed by atoms with Gasteiger partial charge in [0.05, 0.1) is 11.4 Å². The van der Waals surface area contributed by atoms with E-state index in [1.165, 1.54) is 28.1 Å². The van der Waals surface area contributed by atoms with E-state index in [4.69, 9.17) is 0 Å². The fourth-order valence-corrected chi connectivity index (χ4v) is 3.51. The standard InChI is InChI=1S/C15H14NPS2/c1-19-15(18)14-10-6-2-4-8-12(10)16(17)13-9-5-3-7-11(13)14/h2-9,18H,17H2,1H3. The lowest BCUT2D eigenvalue weighted by Gasteiger charge is -2.32. The van der Waals surface area contributed by atoms with Crippen molar-refractivity contribution in [3.05, 3.63) is 63.9 Å². The van der Waals surface area contributed by atoms with Crippen LogP contribution >= 0.6 is 33.8 Å². The highest BCUT2D eigenvalue weighted by Gasteiger charge is 2.25. The van der Waals surface area contributed by atoms with Crippen LogP contribution in [-0.2, 0) is 0 Å². The molecule has 0 aromatic heterocycles. The van der Waals surface area contributed by atoms with Gasteiger partial charge in [0, 0.05) is 20.9 Å². The van der Waals surface area contributed by atoms with Crippen molar-refractivity contribution in [3.63, 3.8) is 0 Å². The quantitative estimate of drug-likeness (QED) is 0.587. The summed E-state index contributed by atoms with van der Waals surface area (Å²) in [6.45, 7) is 0. The molecule has 2 aromatic rings. The summed E-state index contributed by atoms with van der Waals surface area (Å²) in [5.74, 6) is 0. The van der Waals surface area contributed by atoms with Crippen molar-refractivity contribution in [3.8, 4) is 0 Å². The number of thioether (sulfide) groups is 1. The van der Waals surface area contributed by atoms with E-state index in [2.05, 4.69) is 81.5 Å². The average molecular weight is 303 g/mol. The number of anilines is 2. The summed E-state index contributed by atoms with van der Waals surface area (Å²) in [6, 6.07) is 16.9. The molecule has 4 heteroatoms. The van der Waals surface area contributed by atoms with Crippen LogP contribution in [0.2, 0.25) is 0 Å². The van der Waals surface area contributed by atoms with Gasteiger partial charge in [-0.15, -0.1) is 24.4 Å². The normalized spacial score (nSPS) is 13.0. The summed E-state index contributed by atoms with van der Waals surface area (Å²) in [5, 5.41) is 0. The Morgan fingerprint density at radius 1 is 1.00 bits per heavy atom. The number of para-hydroxylation sites is 2. The minimum atomic E-state index is 1.05.